The Morgan fingerprint density at radius 3 is 2.06 bits per heavy atom. The van der Waals surface area contributed by atoms with Crippen molar-refractivity contribution in [2.45, 2.75) is 77.0 Å². The molecule has 8 N–H and O–H groups in total. The van der Waals surface area contributed by atoms with Gasteiger partial charge in [0.15, 0.2) is 0 Å². The summed E-state index contributed by atoms with van der Waals surface area (Å²) in [6.07, 6.45) is 1.37. The fourth-order valence-corrected chi connectivity index (χ4v) is 5.18. The number of nitrogens with zero attached hydrogens (tertiary/aromatic N) is 1. The first-order valence-corrected chi connectivity index (χ1v) is 16.3. The molecule has 0 radical (unpaired) electrons. The minimum Gasteiger partial charge on any atom is -0.508 e. The lowest BCUT2D eigenvalue weighted by Crippen LogP contribution is -2.58. The highest BCUT2D eigenvalue weighted by Gasteiger charge is 2.33. The van der Waals surface area contributed by atoms with Crippen LogP contribution in [-0.2, 0) is 41.6 Å². The Balaban J connectivity index is 2.02. The summed E-state index contributed by atoms with van der Waals surface area (Å²) in [6, 6.07) is 10.6. The molecular weight excluding hydrogens is 630 g/mol. The van der Waals surface area contributed by atoms with Crippen molar-refractivity contribution in [1.82, 2.24) is 31.5 Å². The molecule has 0 saturated carbocycles. The first kappa shape index (κ1) is 38.2. The largest absolute Gasteiger partial charge is 0.508 e. The zero-order chi connectivity index (χ0) is 36.1. The van der Waals surface area contributed by atoms with Crippen molar-refractivity contribution in [3.05, 3.63) is 77.0 Å². The highest BCUT2D eigenvalue weighted by Crippen LogP contribution is 2.14. The van der Waals surface area contributed by atoms with Crippen LogP contribution in [0.5, 0.6) is 5.75 Å². The van der Waals surface area contributed by atoms with Gasteiger partial charge in [0.2, 0.25) is 29.5 Å². The van der Waals surface area contributed by atoms with Crippen LogP contribution in [0.3, 0.4) is 0 Å². The zero-order valence-electron chi connectivity index (χ0n) is 28.4. The second-order valence-electron chi connectivity index (χ2n) is 12.3. The Morgan fingerprint density at radius 2 is 1.43 bits per heavy atom. The maximum absolute atomic E-state index is 14.0. The molecule has 4 atom stereocenters. The van der Waals surface area contributed by atoms with Gasteiger partial charge < -0.3 is 42.3 Å². The van der Waals surface area contributed by atoms with E-state index >= 15 is 0 Å². The minimum atomic E-state index is -1.17. The molecule has 264 valence electrons. The van der Waals surface area contributed by atoms with Gasteiger partial charge in [0.05, 0.1) is 6.54 Å². The molecule has 6 amide bonds. The molecule has 0 bridgehead atoms. The van der Waals surface area contributed by atoms with E-state index in [0.717, 1.165) is 5.56 Å². The number of allylic oxidation sites excluding steroid dienone is 1. The molecule has 14 heteroatoms. The first-order valence-electron chi connectivity index (χ1n) is 16.3. The summed E-state index contributed by atoms with van der Waals surface area (Å²) in [6.45, 7) is 4.60. The third-order valence-corrected chi connectivity index (χ3v) is 8.20. The molecule has 0 spiro atoms. The van der Waals surface area contributed by atoms with E-state index in [9.17, 15) is 33.9 Å². The normalized spacial score (nSPS) is 21.8. The van der Waals surface area contributed by atoms with E-state index in [2.05, 4.69) is 26.6 Å². The van der Waals surface area contributed by atoms with Gasteiger partial charge in [-0.05, 0) is 75.4 Å². The van der Waals surface area contributed by atoms with Crippen LogP contribution in [0.4, 0.5) is 0 Å². The summed E-state index contributed by atoms with van der Waals surface area (Å²) in [5.41, 5.74) is 7.35. The molecule has 2 aromatic rings. The van der Waals surface area contributed by atoms with Gasteiger partial charge in [-0.2, -0.15) is 0 Å². The molecule has 1 aliphatic rings. The number of carbonyl (C=O) groups excluding carboxylic acids is 6. The van der Waals surface area contributed by atoms with Gasteiger partial charge in [-0.25, -0.2) is 0 Å². The molecule has 49 heavy (non-hydrogen) atoms. The van der Waals surface area contributed by atoms with Crippen LogP contribution in [0.2, 0.25) is 0 Å². The summed E-state index contributed by atoms with van der Waals surface area (Å²) in [5, 5.41) is 22.9. The van der Waals surface area contributed by atoms with E-state index in [0.29, 0.717) is 30.5 Å². The quantitative estimate of drug-likeness (QED) is 0.151. The van der Waals surface area contributed by atoms with E-state index in [1.165, 1.54) is 31.0 Å². The van der Waals surface area contributed by atoms with Crippen molar-refractivity contribution in [1.29, 1.82) is 0 Å². The predicted molar refractivity (Wildman–Crippen MR) is 182 cm³/mol. The topological polar surface area (TPSA) is 212 Å². The number of benzene rings is 2. The van der Waals surface area contributed by atoms with Crippen molar-refractivity contribution < 1.29 is 33.9 Å². The second kappa shape index (κ2) is 18.3. The number of nitrogens with two attached hydrogens (primary N) is 1. The van der Waals surface area contributed by atoms with E-state index < -0.39 is 66.2 Å². The van der Waals surface area contributed by atoms with Gasteiger partial charge in [0, 0.05) is 19.9 Å². The summed E-state index contributed by atoms with van der Waals surface area (Å²) in [7, 11) is 1.42. The Kier molecular flexibility index (Phi) is 14.3. The van der Waals surface area contributed by atoms with Crippen LogP contribution in [0.15, 0.2) is 65.9 Å². The number of hydrogen-bond acceptors (Lipinski definition) is 8. The number of aromatic hydroxyl groups is 1. The van der Waals surface area contributed by atoms with Crippen LogP contribution in [-0.4, -0.2) is 89.8 Å². The number of likely N-dealkylation sites (N-methyl/N-ethyl adjacent to an activating group) is 1. The maximum atomic E-state index is 14.0. The van der Waals surface area contributed by atoms with Gasteiger partial charge in [0.25, 0.3) is 5.91 Å². The number of rotatable bonds is 8. The lowest BCUT2D eigenvalue weighted by Gasteiger charge is -2.30. The number of hydrogen-bond donors (Lipinski definition) is 7. The SMILES string of the molecule is CC(C)=C1NC(=O)[C@H](CCCCN)NC(=O)CNC(=O)[C@H](Cc2ccc(O)cc2)NC(=O)[C@H](C)N(C)C(=O)[C@H](Cc2ccccc2)NC1=O. The summed E-state index contributed by atoms with van der Waals surface area (Å²) in [4.78, 5) is 82.3. The number of phenols is 1. The molecule has 14 nitrogen and oxygen atoms in total. The zero-order valence-corrected chi connectivity index (χ0v) is 28.4. The minimum absolute atomic E-state index is 0.00609. The van der Waals surface area contributed by atoms with Gasteiger partial charge in [0.1, 0.15) is 35.6 Å². The van der Waals surface area contributed by atoms with E-state index in [1.54, 1.807) is 50.2 Å². The monoisotopic (exact) mass is 677 g/mol. The van der Waals surface area contributed by atoms with Crippen LogP contribution in [0.1, 0.15) is 51.2 Å². The molecule has 1 fully saturated rings. The smallest absolute Gasteiger partial charge is 0.268 e. The Hall–Kier alpha value is -5.24. The molecule has 0 aliphatic carbocycles. The number of nitrogens with one attached hydrogen (secondary N) is 5. The average Bonchev–Trinajstić information content (AvgIpc) is 3.08. The molecule has 2 aromatic carbocycles. The average molecular weight is 678 g/mol. The maximum Gasteiger partial charge on any atom is 0.268 e. The van der Waals surface area contributed by atoms with Gasteiger partial charge in [-0.1, -0.05) is 42.5 Å². The van der Waals surface area contributed by atoms with Crippen LogP contribution >= 0.6 is 0 Å². The molecule has 0 unspecified atom stereocenters. The van der Waals surface area contributed by atoms with E-state index in [1.807, 2.05) is 6.07 Å². The molecule has 1 saturated heterocycles. The molecule has 1 aliphatic heterocycles. The molecular formula is C35H47N7O7. The third kappa shape index (κ3) is 11.5. The number of phenolic OH excluding ortho intramolecular Hbond substituents is 1. The fourth-order valence-electron chi connectivity index (χ4n) is 5.18. The van der Waals surface area contributed by atoms with Crippen LogP contribution in [0.25, 0.3) is 0 Å². The van der Waals surface area contributed by atoms with Crippen molar-refractivity contribution in [3.8, 4) is 5.75 Å². The van der Waals surface area contributed by atoms with Crippen molar-refractivity contribution in [2.75, 3.05) is 20.1 Å². The van der Waals surface area contributed by atoms with Crippen LogP contribution in [0, 0.1) is 0 Å². The summed E-state index contributed by atoms with van der Waals surface area (Å²) < 4.78 is 0. The van der Waals surface area contributed by atoms with Gasteiger partial charge in [-0.3, -0.25) is 28.8 Å². The van der Waals surface area contributed by atoms with Gasteiger partial charge >= 0.3 is 0 Å². The van der Waals surface area contributed by atoms with E-state index in [4.69, 9.17) is 5.73 Å². The summed E-state index contributed by atoms with van der Waals surface area (Å²) in [5.74, 6) is -3.92. The highest BCUT2D eigenvalue weighted by atomic mass is 16.3. The molecule has 3 rings (SSSR count). The Bertz CT molecular complexity index is 1520. The Morgan fingerprint density at radius 1 is 0.796 bits per heavy atom. The first-order chi connectivity index (χ1) is 23.3. The lowest BCUT2D eigenvalue weighted by atomic mass is 10.0. The van der Waals surface area contributed by atoms with Crippen molar-refractivity contribution >= 4 is 35.4 Å². The number of amides is 6. The van der Waals surface area contributed by atoms with E-state index in [-0.39, 0.29) is 30.7 Å². The molecule has 1 heterocycles. The van der Waals surface area contributed by atoms with Gasteiger partial charge in [-0.15, -0.1) is 0 Å². The standard InChI is InChI=1S/C35H47N7O7/c1-21(2)30-34(48)40-28(19-23-10-6-5-7-11-23)35(49)42(4)22(3)31(45)39-27(18-24-13-15-25(43)16-14-24)32(46)37-20-29(44)38-26(33(47)41-30)12-8-9-17-36/h5-7,10-11,13-16,22,26-28,43H,8-9,12,17-20,36H2,1-4H3,(H,37,46)(H,38,44)(H,39,45)(H,40,48)(H,41,47)/t22-,26-,27-,28-/m0/s1. The number of unbranched alkanes of at least 4 members (excludes halogenated alkanes) is 1. The number of carbonyl (C=O) groups is 6. The predicted octanol–water partition coefficient (Wildman–Crippen LogP) is 0.148. The van der Waals surface area contributed by atoms with Crippen LogP contribution < -0.4 is 32.3 Å². The third-order valence-electron chi connectivity index (χ3n) is 8.20. The van der Waals surface area contributed by atoms with Crippen molar-refractivity contribution in [2.24, 2.45) is 5.73 Å². The molecule has 0 aromatic heterocycles. The Labute approximate surface area is 286 Å². The lowest BCUT2D eigenvalue weighted by molar-refractivity contribution is -0.142. The fraction of sp³-hybridized carbons (Fsp3) is 0.429. The second-order valence-corrected chi connectivity index (χ2v) is 12.3. The summed E-state index contributed by atoms with van der Waals surface area (Å²) >= 11 is 0. The highest BCUT2D eigenvalue weighted by molar-refractivity contribution is 6.02. The van der Waals surface area contributed by atoms with Crippen molar-refractivity contribution in [3.63, 3.8) is 0 Å².